The van der Waals surface area contributed by atoms with Gasteiger partial charge in [0, 0.05) is 11.1 Å². The van der Waals surface area contributed by atoms with Crippen LogP contribution in [0.3, 0.4) is 0 Å². The normalized spacial score (nSPS) is 11.9. The number of aryl methyl sites for hydroxylation is 1. The van der Waals surface area contributed by atoms with Crippen LogP contribution in [0.25, 0.3) is 5.57 Å². The second-order valence-electron chi connectivity index (χ2n) is 3.52. The lowest BCUT2D eigenvalue weighted by molar-refractivity contribution is 0.276. The maximum atomic E-state index is 11.3. The summed E-state index contributed by atoms with van der Waals surface area (Å²) in [6, 6.07) is 1.67. The summed E-state index contributed by atoms with van der Waals surface area (Å²) in [6.45, 7) is 5.44. The number of aliphatic hydroxyl groups is 1. The molecule has 15 heavy (non-hydrogen) atoms. The van der Waals surface area contributed by atoms with Gasteiger partial charge in [-0.05, 0) is 31.9 Å². The van der Waals surface area contributed by atoms with Gasteiger partial charge in [0.1, 0.15) is 5.76 Å². The molecule has 0 saturated heterocycles. The van der Waals surface area contributed by atoms with E-state index in [0.717, 1.165) is 12.0 Å². The van der Waals surface area contributed by atoms with Crippen LogP contribution in [0.4, 0.5) is 0 Å². The predicted octanol–water partition coefficient (Wildman–Crippen LogP) is 2.25. The molecule has 0 bridgehead atoms. The Balaban J connectivity index is 3.34. The zero-order valence-electron chi connectivity index (χ0n) is 9.33. The Morgan fingerprint density at radius 3 is 2.80 bits per heavy atom. The van der Waals surface area contributed by atoms with Gasteiger partial charge in [0.25, 0.3) is 0 Å². The smallest absolute Gasteiger partial charge is 0.339 e. The Morgan fingerprint density at radius 1 is 1.60 bits per heavy atom. The molecule has 3 heteroatoms. The highest BCUT2D eigenvalue weighted by molar-refractivity contribution is 5.61. The van der Waals surface area contributed by atoms with E-state index < -0.39 is 0 Å². The van der Waals surface area contributed by atoms with Crippen LogP contribution >= 0.6 is 0 Å². The molecule has 82 valence electrons. The first-order chi connectivity index (χ1) is 7.10. The van der Waals surface area contributed by atoms with Crippen molar-refractivity contribution in [2.75, 3.05) is 0 Å². The molecule has 3 nitrogen and oxygen atoms in total. The van der Waals surface area contributed by atoms with Crippen molar-refractivity contribution in [2.45, 2.75) is 33.8 Å². The molecule has 0 aliphatic carbocycles. The van der Waals surface area contributed by atoms with E-state index >= 15 is 0 Å². The monoisotopic (exact) mass is 208 g/mol. The SMILES string of the molecule is CC/C=C(\C)c1oc(=O)c(C)cc1CO. The van der Waals surface area contributed by atoms with Crippen molar-refractivity contribution in [3.8, 4) is 0 Å². The summed E-state index contributed by atoms with van der Waals surface area (Å²) in [5.74, 6) is 0.495. The molecular formula is C12H16O3. The minimum atomic E-state index is -0.342. The Kier molecular flexibility index (Phi) is 3.86. The third-order valence-electron chi connectivity index (χ3n) is 2.24. The van der Waals surface area contributed by atoms with E-state index in [2.05, 4.69) is 0 Å². The third kappa shape index (κ3) is 2.57. The Morgan fingerprint density at radius 2 is 2.27 bits per heavy atom. The summed E-state index contributed by atoms with van der Waals surface area (Å²) in [5.41, 5.74) is 1.73. The minimum absolute atomic E-state index is 0.116. The number of hydrogen-bond donors (Lipinski definition) is 1. The van der Waals surface area contributed by atoms with Gasteiger partial charge in [0.05, 0.1) is 6.61 Å². The van der Waals surface area contributed by atoms with Crippen molar-refractivity contribution in [3.05, 3.63) is 39.4 Å². The van der Waals surface area contributed by atoms with Crippen LogP contribution in [0.5, 0.6) is 0 Å². The van der Waals surface area contributed by atoms with E-state index in [1.165, 1.54) is 0 Å². The largest absolute Gasteiger partial charge is 0.423 e. The molecule has 0 aliphatic rings. The van der Waals surface area contributed by atoms with Gasteiger partial charge in [-0.2, -0.15) is 0 Å². The first kappa shape index (κ1) is 11.7. The van der Waals surface area contributed by atoms with E-state index in [1.54, 1.807) is 13.0 Å². The molecule has 0 saturated carbocycles. The predicted molar refractivity (Wildman–Crippen MR) is 59.6 cm³/mol. The second kappa shape index (κ2) is 4.94. The Labute approximate surface area is 89.1 Å². The van der Waals surface area contributed by atoms with E-state index in [9.17, 15) is 4.79 Å². The van der Waals surface area contributed by atoms with Crippen molar-refractivity contribution in [2.24, 2.45) is 0 Å². The van der Waals surface area contributed by atoms with Crippen LogP contribution in [0.1, 0.15) is 37.2 Å². The first-order valence-electron chi connectivity index (χ1n) is 5.01. The molecule has 0 spiro atoms. The molecule has 1 rings (SSSR count). The van der Waals surface area contributed by atoms with Crippen molar-refractivity contribution in [1.29, 1.82) is 0 Å². The van der Waals surface area contributed by atoms with E-state index in [1.807, 2.05) is 19.9 Å². The van der Waals surface area contributed by atoms with Gasteiger partial charge < -0.3 is 9.52 Å². The van der Waals surface area contributed by atoms with Crippen molar-refractivity contribution >= 4 is 5.57 Å². The van der Waals surface area contributed by atoms with Crippen molar-refractivity contribution < 1.29 is 9.52 Å². The molecule has 1 heterocycles. The zero-order chi connectivity index (χ0) is 11.4. The highest BCUT2D eigenvalue weighted by Crippen LogP contribution is 2.18. The standard InChI is InChI=1S/C12H16O3/c1-4-5-8(2)11-10(7-13)6-9(3)12(14)15-11/h5-6,13H,4,7H2,1-3H3/b8-5+. The van der Waals surface area contributed by atoms with E-state index in [0.29, 0.717) is 16.9 Å². The molecule has 1 aromatic heterocycles. The highest BCUT2D eigenvalue weighted by Gasteiger charge is 2.09. The maximum Gasteiger partial charge on any atom is 0.339 e. The van der Waals surface area contributed by atoms with Gasteiger partial charge in [0.15, 0.2) is 0 Å². The lowest BCUT2D eigenvalue weighted by Crippen LogP contribution is -2.07. The fraction of sp³-hybridized carbons (Fsp3) is 0.417. The number of hydrogen-bond acceptors (Lipinski definition) is 3. The average Bonchev–Trinajstić information content (AvgIpc) is 2.21. The summed E-state index contributed by atoms with van der Waals surface area (Å²) in [5, 5.41) is 9.16. The van der Waals surface area contributed by atoms with E-state index in [-0.39, 0.29) is 12.2 Å². The molecule has 0 fully saturated rings. The van der Waals surface area contributed by atoms with Crippen molar-refractivity contribution in [1.82, 2.24) is 0 Å². The summed E-state index contributed by atoms with van der Waals surface area (Å²) in [7, 11) is 0. The summed E-state index contributed by atoms with van der Waals surface area (Å²) in [4.78, 5) is 11.3. The molecule has 0 unspecified atom stereocenters. The summed E-state index contributed by atoms with van der Waals surface area (Å²) < 4.78 is 5.16. The average molecular weight is 208 g/mol. The number of allylic oxidation sites excluding steroid dienone is 2. The van der Waals surface area contributed by atoms with Gasteiger partial charge in [-0.25, -0.2) is 4.79 Å². The van der Waals surface area contributed by atoms with E-state index in [4.69, 9.17) is 9.52 Å². The van der Waals surface area contributed by atoms with Crippen molar-refractivity contribution in [3.63, 3.8) is 0 Å². The van der Waals surface area contributed by atoms with Gasteiger partial charge in [-0.3, -0.25) is 0 Å². The minimum Gasteiger partial charge on any atom is -0.423 e. The topological polar surface area (TPSA) is 50.4 Å². The van der Waals surface area contributed by atoms with Gasteiger partial charge in [-0.15, -0.1) is 0 Å². The van der Waals surface area contributed by atoms with Crippen LogP contribution in [-0.2, 0) is 6.61 Å². The van der Waals surface area contributed by atoms with Crippen LogP contribution in [0, 0.1) is 6.92 Å². The summed E-state index contributed by atoms with van der Waals surface area (Å²) >= 11 is 0. The fourth-order valence-electron chi connectivity index (χ4n) is 1.47. The van der Waals surface area contributed by atoms with Crippen LogP contribution in [-0.4, -0.2) is 5.11 Å². The summed E-state index contributed by atoms with van der Waals surface area (Å²) in [6.07, 6.45) is 2.83. The zero-order valence-corrected chi connectivity index (χ0v) is 9.33. The molecule has 0 amide bonds. The second-order valence-corrected chi connectivity index (χ2v) is 3.52. The number of rotatable bonds is 3. The van der Waals surface area contributed by atoms with Crippen LogP contribution in [0.15, 0.2) is 21.4 Å². The van der Waals surface area contributed by atoms with Gasteiger partial charge >= 0.3 is 5.63 Å². The Hall–Kier alpha value is -1.35. The molecule has 0 aromatic carbocycles. The maximum absolute atomic E-state index is 11.3. The van der Waals surface area contributed by atoms with Gasteiger partial charge in [-0.1, -0.05) is 13.0 Å². The number of aliphatic hydroxyl groups excluding tert-OH is 1. The molecule has 0 radical (unpaired) electrons. The van der Waals surface area contributed by atoms with Gasteiger partial charge in [0.2, 0.25) is 0 Å². The molecule has 0 atom stereocenters. The fourth-order valence-corrected chi connectivity index (χ4v) is 1.47. The quantitative estimate of drug-likeness (QED) is 0.828. The van der Waals surface area contributed by atoms with Crippen LogP contribution in [0.2, 0.25) is 0 Å². The molecule has 0 aliphatic heterocycles. The lowest BCUT2D eigenvalue weighted by Gasteiger charge is -2.06. The Bertz CT molecular complexity index is 427. The van der Waals surface area contributed by atoms with Crippen LogP contribution < -0.4 is 5.63 Å². The third-order valence-corrected chi connectivity index (χ3v) is 2.24. The lowest BCUT2D eigenvalue weighted by atomic mass is 10.1. The highest BCUT2D eigenvalue weighted by atomic mass is 16.4. The molecule has 1 aromatic rings. The molecule has 1 N–H and O–H groups in total. The first-order valence-corrected chi connectivity index (χ1v) is 5.01. The molecular weight excluding hydrogens is 192 g/mol.